The fourth-order valence-electron chi connectivity index (χ4n) is 4.24. The minimum Gasteiger partial charge on any atom is -0.298 e. The van der Waals surface area contributed by atoms with E-state index < -0.39 is 0 Å². The van der Waals surface area contributed by atoms with Crippen LogP contribution in [0.5, 0.6) is 0 Å². The molecule has 0 aromatic heterocycles. The lowest BCUT2D eigenvalue weighted by atomic mass is 9.85. The van der Waals surface area contributed by atoms with E-state index in [1.807, 2.05) is 0 Å². The standard InChI is InChI=1S/C16H27ClN2O/c1-12-10-18-9-3-2-4-16(18)19(12)11-15(20)13-5-7-14(17)8-6-13/h12-14,16H,2-11H2,1H3. The lowest BCUT2D eigenvalue weighted by molar-refractivity contribution is -0.126. The fraction of sp³-hybridized carbons (Fsp3) is 0.938. The van der Waals surface area contributed by atoms with E-state index in [1.165, 1.54) is 25.8 Å². The third-order valence-corrected chi connectivity index (χ3v) is 5.91. The molecule has 0 amide bonds. The minimum absolute atomic E-state index is 0.273. The molecule has 0 bridgehead atoms. The Kier molecular flexibility index (Phi) is 4.68. The van der Waals surface area contributed by atoms with E-state index >= 15 is 0 Å². The van der Waals surface area contributed by atoms with Gasteiger partial charge in [-0.15, -0.1) is 11.6 Å². The third kappa shape index (κ3) is 3.05. The number of carbonyl (C=O) groups is 1. The van der Waals surface area contributed by atoms with Crippen LogP contribution in [0.25, 0.3) is 0 Å². The van der Waals surface area contributed by atoms with Crippen molar-refractivity contribution in [2.45, 2.75) is 69.5 Å². The maximum absolute atomic E-state index is 12.6. The molecule has 114 valence electrons. The summed E-state index contributed by atoms with van der Waals surface area (Å²) in [7, 11) is 0. The summed E-state index contributed by atoms with van der Waals surface area (Å²) in [6.45, 7) is 5.31. The fourth-order valence-corrected chi connectivity index (χ4v) is 4.50. The molecule has 3 fully saturated rings. The van der Waals surface area contributed by atoms with Crippen molar-refractivity contribution in [1.82, 2.24) is 9.80 Å². The molecule has 2 saturated heterocycles. The van der Waals surface area contributed by atoms with Gasteiger partial charge in [-0.1, -0.05) is 0 Å². The van der Waals surface area contributed by atoms with Gasteiger partial charge in [0.05, 0.1) is 12.7 Å². The summed E-state index contributed by atoms with van der Waals surface area (Å²) in [5, 5.41) is 0.304. The Morgan fingerprint density at radius 3 is 2.65 bits per heavy atom. The summed E-state index contributed by atoms with van der Waals surface area (Å²) < 4.78 is 0. The number of piperidine rings is 1. The number of Topliss-reactive ketones (excluding diaryl/α,β-unsaturated/α-hetero) is 1. The maximum atomic E-state index is 12.6. The highest BCUT2D eigenvalue weighted by molar-refractivity contribution is 6.20. The largest absolute Gasteiger partial charge is 0.298 e. The van der Waals surface area contributed by atoms with Gasteiger partial charge >= 0.3 is 0 Å². The first-order valence-electron chi connectivity index (χ1n) is 8.31. The quantitative estimate of drug-likeness (QED) is 0.749. The van der Waals surface area contributed by atoms with E-state index in [9.17, 15) is 4.79 Å². The van der Waals surface area contributed by atoms with Crippen molar-refractivity contribution in [2.24, 2.45) is 5.92 Å². The zero-order valence-corrected chi connectivity index (χ0v) is 13.3. The molecule has 1 aliphatic carbocycles. The van der Waals surface area contributed by atoms with Crippen LogP contribution in [-0.2, 0) is 4.79 Å². The molecule has 0 aromatic rings. The Labute approximate surface area is 127 Å². The topological polar surface area (TPSA) is 23.6 Å². The Hall–Kier alpha value is -0.120. The molecule has 3 aliphatic rings. The van der Waals surface area contributed by atoms with Crippen LogP contribution in [0.1, 0.15) is 51.9 Å². The second-order valence-corrected chi connectivity index (χ2v) is 7.53. The van der Waals surface area contributed by atoms with Gasteiger partial charge in [-0.2, -0.15) is 0 Å². The summed E-state index contributed by atoms with van der Waals surface area (Å²) in [5.74, 6) is 0.739. The predicted molar refractivity (Wildman–Crippen MR) is 82.0 cm³/mol. The monoisotopic (exact) mass is 298 g/mol. The molecule has 0 aromatic carbocycles. The molecule has 2 heterocycles. The number of ketones is 1. The highest BCUT2D eigenvalue weighted by Gasteiger charge is 2.39. The number of carbonyl (C=O) groups excluding carboxylic acids is 1. The van der Waals surface area contributed by atoms with Gasteiger partial charge in [0.15, 0.2) is 0 Å². The van der Waals surface area contributed by atoms with Crippen molar-refractivity contribution >= 4 is 17.4 Å². The number of halogens is 1. The van der Waals surface area contributed by atoms with Gasteiger partial charge in [0.2, 0.25) is 0 Å². The van der Waals surface area contributed by atoms with E-state index in [0.717, 1.165) is 32.2 Å². The Balaban J connectivity index is 1.57. The van der Waals surface area contributed by atoms with Crippen LogP contribution < -0.4 is 0 Å². The zero-order chi connectivity index (χ0) is 14.1. The van der Waals surface area contributed by atoms with Crippen LogP contribution in [0.15, 0.2) is 0 Å². The maximum Gasteiger partial charge on any atom is 0.149 e. The van der Waals surface area contributed by atoms with E-state index in [2.05, 4.69) is 16.7 Å². The van der Waals surface area contributed by atoms with Crippen LogP contribution in [0, 0.1) is 5.92 Å². The highest BCUT2D eigenvalue weighted by atomic mass is 35.5. The Bertz CT molecular complexity index is 354. The number of alkyl halides is 1. The molecular weight excluding hydrogens is 272 g/mol. The number of nitrogens with zero attached hydrogens (tertiary/aromatic N) is 2. The second kappa shape index (κ2) is 6.33. The smallest absolute Gasteiger partial charge is 0.149 e. The molecule has 0 N–H and O–H groups in total. The normalized spacial score (nSPS) is 39.7. The van der Waals surface area contributed by atoms with E-state index in [4.69, 9.17) is 11.6 Å². The van der Waals surface area contributed by atoms with Gasteiger partial charge in [-0.25, -0.2) is 0 Å². The highest BCUT2D eigenvalue weighted by Crippen LogP contribution is 2.31. The van der Waals surface area contributed by atoms with Crippen molar-refractivity contribution in [1.29, 1.82) is 0 Å². The van der Waals surface area contributed by atoms with E-state index in [1.54, 1.807) is 0 Å². The lowest BCUT2D eigenvalue weighted by Crippen LogP contribution is -2.46. The van der Waals surface area contributed by atoms with Gasteiger partial charge in [0.25, 0.3) is 0 Å². The van der Waals surface area contributed by atoms with Gasteiger partial charge in [-0.3, -0.25) is 14.6 Å². The van der Waals surface area contributed by atoms with Crippen molar-refractivity contribution in [3.05, 3.63) is 0 Å². The van der Waals surface area contributed by atoms with Crippen LogP contribution in [0.2, 0.25) is 0 Å². The molecule has 2 aliphatic heterocycles. The third-order valence-electron chi connectivity index (χ3n) is 5.48. The van der Waals surface area contributed by atoms with Crippen LogP contribution in [0.3, 0.4) is 0 Å². The van der Waals surface area contributed by atoms with Gasteiger partial charge in [0.1, 0.15) is 5.78 Å². The Morgan fingerprint density at radius 1 is 1.15 bits per heavy atom. The number of rotatable bonds is 3. The zero-order valence-electron chi connectivity index (χ0n) is 12.6. The molecule has 0 radical (unpaired) electrons. The molecule has 2 atom stereocenters. The number of fused-ring (bicyclic) bond motifs is 1. The van der Waals surface area contributed by atoms with Crippen LogP contribution >= 0.6 is 11.6 Å². The minimum atomic E-state index is 0.273. The molecule has 3 rings (SSSR count). The lowest BCUT2D eigenvalue weighted by Gasteiger charge is -2.35. The van der Waals surface area contributed by atoms with Crippen LogP contribution in [0.4, 0.5) is 0 Å². The molecular formula is C16H27ClN2O. The summed E-state index contributed by atoms with van der Waals surface area (Å²) in [4.78, 5) is 17.6. The average molecular weight is 299 g/mol. The molecule has 0 spiro atoms. The summed E-state index contributed by atoms with van der Waals surface area (Å²) in [6.07, 6.45) is 8.46. The first-order valence-corrected chi connectivity index (χ1v) is 8.75. The van der Waals surface area contributed by atoms with E-state index in [-0.39, 0.29) is 5.92 Å². The summed E-state index contributed by atoms with van der Waals surface area (Å²) >= 11 is 6.14. The first-order chi connectivity index (χ1) is 9.65. The van der Waals surface area contributed by atoms with Crippen molar-refractivity contribution < 1.29 is 4.79 Å². The van der Waals surface area contributed by atoms with Gasteiger partial charge in [-0.05, 0) is 58.4 Å². The second-order valence-electron chi connectivity index (χ2n) is 6.91. The summed E-state index contributed by atoms with van der Waals surface area (Å²) in [5.41, 5.74) is 0. The van der Waals surface area contributed by atoms with Crippen molar-refractivity contribution in [2.75, 3.05) is 19.6 Å². The van der Waals surface area contributed by atoms with Gasteiger partial charge in [0, 0.05) is 23.9 Å². The molecule has 2 unspecified atom stereocenters. The van der Waals surface area contributed by atoms with Crippen molar-refractivity contribution in [3.63, 3.8) is 0 Å². The van der Waals surface area contributed by atoms with E-state index in [0.29, 0.717) is 29.9 Å². The Morgan fingerprint density at radius 2 is 1.90 bits per heavy atom. The predicted octanol–water partition coefficient (Wildman–Crippen LogP) is 2.87. The first kappa shape index (κ1) is 14.8. The van der Waals surface area contributed by atoms with Gasteiger partial charge < -0.3 is 0 Å². The van der Waals surface area contributed by atoms with Crippen LogP contribution in [-0.4, -0.2) is 52.8 Å². The average Bonchev–Trinajstić information content (AvgIpc) is 2.76. The van der Waals surface area contributed by atoms with Crippen molar-refractivity contribution in [3.8, 4) is 0 Å². The summed E-state index contributed by atoms with van der Waals surface area (Å²) in [6, 6.07) is 0.534. The molecule has 1 saturated carbocycles. The molecule has 3 nitrogen and oxygen atoms in total. The number of hydrogen-bond acceptors (Lipinski definition) is 3. The number of hydrogen-bond donors (Lipinski definition) is 0. The SMILES string of the molecule is CC1CN2CCCCC2N1CC(=O)C1CCC(Cl)CC1. The molecule has 20 heavy (non-hydrogen) atoms. The molecule has 4 heteroatoms.